The van der Waals surface area contributed by atoms with E-state index in [1.54, 1.807) is 0 Å². The summed E-state index contributed by atoms with van der Waals surface area (Å²) in [5.74, 6) is 0. The smallest absolute Gasteiger partial charge is 0.106 e. The van der Waals surface area contributed by atoms with Crippen molar-refractivity contribution in [3.8, 4) is 0 Å². The molecule has 76 valence electrons. The molecule has 1 aromatic rings. The van der Waals surface area contributed by atoms with Crippen LogP contribution in [0, 0.1) is 0 Å². The van der Waals surface area contributed by atoms with Crippen LogP contribution in [0.2, 0.25) is 0 Å². The van der Waals surface area contributed by atoms with Crippen LogP contribution >= 0.6 is 0 Å². The Labute approximate surface area is 85.5 Å². The molecule has 1 aromatic carbocycles. The van der Waals surface area contributed by atoms with Crippen LogP contribution in [0.1, 0.15) is 25.5 Å². The summed E-state index contributed by atoms with van der Waals surface area (Å²) in [7, 11) is 0. The van der Waals surface area contributed by atoms with Crippen LogP contribution in [0.4, 0.5) is 5.69 Å². The molecule has 0 bridgehead atoms. The minimum absolute atomic E-state index is 0.376. The summed E-state index contributed by atoms with van der Waals surface area (Å²) >= 11 is 0. The summed E-state index contributed by atoms with van der Waals surface area (Å²) in [4.78, 5) is 2.34. The number of anilines is 1. The summed E-state index contributed by atoms with van der Waals surface area (Å²) in [6, 6.07) is 8.71. The standard InChI is InChI=1S/C12H17NO/c1-3-13(4-2)11-7-5-10(6-8-11)12-9-14-12/h5-8,12H,3-4,9H2,1-2H3/t12-/m1/s1. The number of hydrogen-bond donors (Lipinski definition) is 0. The zero-order chi connectivity index (χ0) is 9.97. The van der Waals surface area contributed by atoms with E-state index in [2.05, 4.69) is 43.0 Å². The molecule has 0 aromatic heterocycles. The molecule has 0 amide bonds. The van der Waals surface area contributed by atoms with E-state index >= 15 is 0 Å². The monoisotopic (exact) mass is 191 g/mol. The number of epoxide rings is 1. The molecule has 1 fully saturated rings. The molecule has 0 N–H and O–H groups in total. The van der Waals surface area contributed by atoms with Gasteiger partial charge in [0.1, 0.15) is 6.10 Å². The lowest BCUT2D eigenvalue weighted by Gasteiger charge is -2.20. The Morgan fingerprint density at radius 1 is 1.21 bits per heavy atom. The SMILES string of the molecule is CCN(CC)c1ccc([C@H]2CO2)cc1. The average Bonchev–Trinajstić information content (AvgIpc) is 3.04. The van der Waals surface area contributed by atoms with Gasteiger partial charge in [-0.3, -0.25) is 0 Å². The Morgan fingerprint density at radius 2 is 1.79 bits per heavy atom. The Morgan fingerprint density at radius 3 is 2.21 bits per heavy atom. The van der Waals surface area contributed by atoms with Crippen molar-refractivity contribution in [2.24, 2.45) is 0 Å². The number of hydrogen-bond acceptors (Lipinski definition) is 2. The summed E-state index contributed by atoms with van der Waals surface area (Å²) in [6.45, 7) is 7.39. The van der Waals surface area contributed by atoms with Crippen LogP contribution in [-0.2, 0) is 4.74 Å². The third-order valence-electron chi connectivity index (χ3n) is 2.73. The van der Waals surface area contributed by atoms with Gasteiger partial charge in [-0.2, -0.15) is 0 Å². The minimum Gasteiger partial charge on any atom is -0.372 e. The van der Waals surface area contributed by atoms with Crippen LogP contribution < -0.4 is 4.90 Å². The van der Waals surface area contributed by atoms with Crippen molar-refractivity contribution in [1.29, 1.82) is 0 Å². The van der Waals surface area contributed by atoms with Crippen molar-refractivity contribution >= 4 is 5.69 Å². The largest absolute Gasteiger partial charge is 0.372 e. The van der Waals surface area contributed by atoms with Crippen molar-refractivity contribution in [3.05, 3.63) is 29.8 Å². The minimum atomic E-state index is 0.376. The van der Waals surface area contributed by atoms with E-state index in [1.807, 2.05) is 0 Å². The molecule has 1 aliphatic heterocycles. The van der Waals surface area contributed by atoms with Gasteiger partial charge in [0, 0.05) is 18.8 Å². The van der Waals surface area contributed by atoms with E-state index in [4.69, 9.17) is 4.74 Å². The van der Waals surface area contributed by atoms with Gasteiger partial charge < -0.3 is 9.64 Å². The molecule has 1 saturated heterocycles. The molecule has 14 heavy (non-hydrogen) atoms. The molecular weight excluding hydrogens is 174 g/mol. The Hall–Kier alpha value is -1.02. The molecule has 1 aliphatic rings. The highest BCUT2D eigenvalue weighted by atomic mass is 16.6. The van der Waals surface area contributed by atoms with Gasteiger partial charge in [0.15, 0.2) is 0 Å². The summed E-state index contributed by atoms with van der Waals surface area (Å²) in [5, 5.41) is 0. The van der Waals surface area contributed by atoms with Gasteiger partial charge in [-0.1, -0.05) is 12.1 Å². The van der Waals surface area contributed by atoms with Gasteiger partial charge in [0.05, 0.1) is 6.61 Å². The maximum atomic E-state index is 5.23. The second-order valence-electron chi connectivity index (χ2n) is 3.59. The Bertz CT molecular complexity index is 286. The molecule has 2 nitrogen and oxygen atoms in total. The lowest BCUT2D eigenvalue weighted by Crippen LogP contribution is -2.21. The quantitative estimate of drug-likeness (QED) is 0.680. The van der Waals surface area contributed by atoms with E-state index in [-0.39, 0.29) is 0 Å². The highest BCUT2D eigenvalue weighted by molar-refractivity contribution is 5.47. The first-order valence-electron chi connectivity index (χ1n) is 5.31. The molecule has 2 rings (SSSR count). The van der Waals surface area contributed by atoms with Crippen molar-refractivity contribution in [2.45, 2.75) is 20.0 Å². The lowest BCUT2D eigenvalue weighted by molar-refractivity contribution is 0.415. The molecule has 0 aliphatic carbocycles. The second kappa shape index (κ2) is 4.01. The normalized spacial score (nSPS) is 19.4. The zero-order valence-corrected chi connectivity index (χ0v) is 8.86. The van der Waals surface area contributed by atoms with Gasteiger partial charge in [-0.15, -0.1) is 0 Å². The van der Waals surface area contributed by atoms with E-state index in [0.29, 0.717) is 6.10 Å². The molecule has 1 atom stereocenters. The summed E-state index contributed by atoms with van der Waals surface area (Å²) < 4.78 is 5.23. The third kappa shape index (κ3) is 1.90. The molecule has 0 saturated carbocycles. The molecule has 0 spiro atoms. The molecular formula is C12H17NO. The van der Waals surface area contributed by atoms with Crippen LogP contribution in [0.5, 0.6) is 0 Å². The van der Waals surface area contributed by atoms with Gasteiger partial charge in [0.25, 0.3) is 0 Å². The maximum absolute atomic E-state index is 5.23. The van der Waals surface area contributed by atoms with Gasteiger partial charge >= 0.3 is 0 Å². The van der Waals surface area contributed by atoms with E-state index in [1.165, 1.54) is 11.3 Å². The summed E-state index contributed by atoms with van der Waals surface area (Å²) in [6.07, 6.45) is 0.376. The van der Waals surface area contributed by atoms with Crippen molar-refractivity contribution < 1.29 is 4.74 Å². The van der Waals surface area contributed by atoms with E-state index in [9.17, 15) is 0 Å². The maximum Gasteiger partial charge on any atom is 0.106 e. The fourth-order valence-electron chi connectivity index (χ4n) is 1.73. The lowest BCUT2D eigenvalue weighted by atomic mass is 10.1. The van der Waals surface area contributed by atoms with Crippen LogP contribution in [0.25, 0.3) is 0 Å². The molecule has 0 radical (unpaired) electrons. The van der Waals surface area contributed by atoms with Crippen molar-refractivity contribution in [2.75, 3.05) is 24.6 Å². The first-order chi connectivity index (χ1) is 6.85. The number of benzene rings is 1. The topological polar surface area (TPSA) is 15.8 Å². The molecule has 0 unspecified atom stereocenters. The second-order valence-corrected chi connectivity index (χ2v) is 3.59. The Kier molecular flexibility index (Phi) is 2.73. The third-order valence-corrected chi connectivity index (χ3v) is 2.73. The highest BCUT2D eigenvalue weighted by Gasteiger charge is 2.24. The van der Waals surface area contributed by atoms with Crippen LogP contribution in [0.15, 0.2) is 24.3 Å². The van der Waals surface area contributed by atoms with Crippen molar-refractivity contribution in [3.63, 3.8) is 0 Å². The fourth-order valence-corrected chi connectivity index (χ4v) is 1.73. The average molecular weight is 191 g/mol. The summed E-state index contributed by atoms with van der Waals surface area (Å²) in [5.41, 5.74) is 2.61. The first-order valence-corrected chi connectivity index (χ1v) is 5.31. The van der Waals surface area contributed by atoms with E-state index in [0.717, 1.165) is 19.7 Å². The van der Waals surface area contributed by atoms with Gasteiger partial charge in [-0.05, 0) is 31.5 Å². The van der Waals surface area contributed by atoms with Gasteiger partial charge in [0.2, 0.25) is 0 Å². The van der Waals surface area contributed by atoms with Crippen LogP contribution in [0.3, 0.4) is 0 Å². The highest BCUT2D eigenvalue weighted by Crippen LogP contribution is 2.30. The van der Waals surface area contributed by atoms with Crippen molar-refractivity contribution in [1.82, 2.24) is 0 Å². The predicted octanol–water partition coefficient (Wildman–Crippen LogP) is 2.60. The van der Waals surface area contributed by atoms with Gasteiger partial charge in [-0.25, -0.2) is 0 Å². The van der Waals surface area contributed by atoms with E-state index < -0.39 is 0 Å². The van der Waals surface area contributed by atoms with Crippen LogP contribution in [-0.4, -0.2) is 19.7 Å². The zero-order valence-electron chi connectivity index (χ0n) is 8.86. The fraction of sp³-hybridized carbons (Fsp3) is 0.500. The number of rotatable bonds is 4. The predicted molar refractivity (Wildman–Crippen MR) is 58.7 cm³/mol. The first kappa shape index (κ1) is 9.53. The molecule has 1 heterocycles. The molecule has 2 heteroatoms. The number of nitrogens with zero attached hydrogens (tertiary/aromatic N) is 1. The Balaban J connectivity index is 2.11. The number of ether oxygens (including phenoxy) is 1.